The Morgan fingerprint density at radius 2 is 2.23 bits per heavy atom. The topological polar surface area (TPSA) is 52.9 Å². The number of nitrogens with zero attached hydrogens (tertiary/aromatic N) is 1. The largest absolute Gasteiger partial charge is 0.312 e. The molecule has 0 saturated heterocycles. The lowest BCUT2D eigenvalue weighted by Crippen LogP contribution is -2.14. The first-order valence-corrected chi connectivity index (χ1v) is 8.02. The predicted molar refractivity (Wildman–Crippen MR) is 84.6 cm³/mol. The van der Waals surface area contributed by atoms with Gasteiger partial charge in [0.25, 0.3) is 5.91 Å². The summed E-state index contributed by atoms with van der Waals surface area (Å²) in [5, 5.41) is 12.7. The van der Waals surface area contributed by atoms with E-state index in [0.717, 1.165) is 24.8 Å². The van der Waals surface area contributed by atoms with Crippen molar-refractivity contribution in [3.8, 4) is 6.07 Å². The van der Waals surface area contributed by atoms with Crippen LogP contribution in [0.15, 0.2) is 24.3 Å². The average Bonchev–Trinajstić information content (AvgIpc) is 2.83. The Labute approximate surface area is 132 Å². The van der Waals surface area contributed by atoms with Crippen LogP contribution >= 0.6 is 11.3 Å². The molecule has 0 radical (unpaired) electrons. The van der Waals surface area contributed by atoms with Gasteiger partial charge in [-0.15, -0.1) is 11.3 Å². The molecular formula is C17H15FN2OS. The molecule has 0 aliphatic heterocycles. The highest BCUT2D eigenvalue weighted by molar-refractivity contribution is 7.16. The number of rotatable bonds is 2. The third-order valence-corrected chi connectivity index (χ3v) is 5.17. The summed E-state index contributed by atoms with van der Waals surface area (Å²) in [6, 6.07) is 8.04. The molecule has 0 fully saturated rings. The number of anilines is 1. The van der Waals surface area contributed by atoms with E-state index in [1.165, 1.54) is 34.4 Å². The van der Waals surface area contributed by atoms with Gasteiger partial charge < -0.3 is 5.32 Å². The normalized spacial score (nSPS) is 16.7. The summed E-state index contributed by atoms with van der Waals surface area (Å²) in [6.45, 7) is 2.17. The van der Waals surface area contributed by atoms with Gasteiger partial charge in [-0.05, 0) is 42.9 Å². The summed E-state index contributed by atoms with van der Waals surface area (Å²) in [5.74, 6) is -0.529. The van der Waals surface area contributed by atoms with Crippen LogP contribution in [0.2, 0.25) is 0 Å². The molecule has 1 heterocycles. The van der Waals surface area contributed by atoms with Gasteiger partial charge in [-0.25, -0.2) is 4.39 Å². The standard InChI is InChI=1S/C17H15FN2OS/c1-10-6-7-15-12(8-10)13(9-19)17(22-15)20-16(21)11-4-2-3-5-14(11)18/h2-5,10H,6-8H2,1H3,(H,20,21). The fourth-order valence-corrected chi connectivity index (χ4v) is 3.97. The molecule has 1 N–H and O–H groups in total. The first-order chi connectivity index (χ1) is 10.6. The summed E-state index contributed by atoms with van der Waals surface area (Å²) in [4.78, 5) is 13.4. The van der Waals surface area contributed by atoms with Crippen LogP contribution in [0.3, 0.4) is 0 Å². The van der Waals surface area contributed by atoms with Crippen molar-refractivity contribution in [2.75, 3.05) is 5.32 Å². The molecule has 1 aromatic heterocycles. The highest BCUT2D eigenvalue weighted by Crippen LogP contribution is 2.39. The number of hydrogen-bond donors (Lipinski definition) is 1. The van der Waals surface area contributed by atoms with Crippen LogP contribution in [0.4, 0.5) is 9.39 Å². The maximum absolute atomic E-state index is 13.7. The van der Waals surface area contributed by atoms with Crippen LogP contribution in [-0.2, 0) is 12.8 Å². The van der Waals surface area contributed by atoms with E-state index in [2.05, 4.69) is 18.3 Å². The molecule has 1 amide bonds. The molecule has 1 aliphatic rings. The van der Waals surface area contributed by atoms with E-state index in [4.69, 9.17) is 0 Å². The molecule has 112 valence electrons. The second-order valence-corrected chi connectivity index (χ2v) is 6.71. The van der Waals surface area contributed by atoms with Crippen LogP contribution in [-0.4, -0.2) is 5.91 Å². The van der Waals surface area contributed by atoms with Crippen LogP contribution in [0.5, 0.6) is 0 Å². The van der Waals surface area contributed by atoms with E-state index < -0.39 is 11.7 Å². The second kappa shape index (κ2) is 5.90. The Hall–Kier alpha value is -2.19. The molecule has 1 atom stereocenters. The minimum absolute atomic E-state index is 0.00821. The van der Waals surface area contributed by atoms with Crippen LogP contribution in [0, 0.1) is 23.1 Å². The molecule has 22 heavy (non-hydrogen) atoms. The lowest BCUT2D eigenvalue weighted by molar-refractivity contribution is 0.102. The number of benzene rings is 1. The Kier molecular flexibility index (Phi) is 3.95. The Morgan fingerprint density at radius 1 is 1.45 bits per heavy atom. The average molecular weight is 314 g/mol. The molecule has 1 unspecified atom stereocenters. The van der Waals surface area contributed by atoms with E-state index in [0.29, 0.717) is 16.5 Å². The highest BCUT2D eigenvalue weighted by Gasteiger charge is 2.25. The first-order valence-electron chi connectivity index (χ1n) is 7.20. The van der Waals surface area contributed by atoms with Gasteiger partial charge in [-0.1, -0.05) is 19.1 Å². The number of amides is 1. The monoisotopic (exact) mass is 314 g/mol. The lowest BCUT2D eigenvalue weighted by Gasteiger charge is -2.17. The zero-order valence-electron chi connectivity index (χ0n) is 12.1. The molecule has 0 bridgehead atoms. The first kappa shape index (κ1) is 14.7. The number of halogens is 1. The highest BCUT2D eigenvalue weighted by atomic mass is 32.1. The van der Waals surface area contributed by atoms with Gasteiger partial charge in [0.1, 0.15) is 16.9 Å². The fraction of sp³-hybridized carbons (Fsp3) is 0.294. The minimum atomic E-state index is -0.562. The predicted octanol–water partition coefficient (Wildman–Crippen LogP) is 4.14. The summed E-state index contributed by atoms with van der Waals surface area (Å²) < 4.78 is 13.7. The molecule has 3 rings (SSSR count). The van der Waals surface area contributed by atoms with Crippen molar-refractivity contribution >= 4 is 22.2 Å². The zero-order valence-corrected chi connectivity index (χ0v) is 13.0. The molecule has 2 aromatic rings. The number of thiophene rings is 1. The SMILES string of the molecule is CC1CCc2sc(NC(=O)c3ccccc3F)c(C#N)c2C1. The van der Waals surface area contributed by atoms with E-state index >= 15 is 0 Å². The van der Waals surface area contributed by atoms with Crippen LogP contribution in [0.1, 0.15) is 39.7 Å². The number of carbonyl (C=O) groups is 1. The second-order valence-electron chi connectivity index (χ2n) is 5.60. The van der Waals surface area contributed by atoms with E-state index in [1.54, 1.807) is 6.07 Å². The van der Waals surface area contributed by atoms with Gasteiger partial charge in [-0.3, -0.25) is 4.79 Å². The number of carbonyl (C=O) groups excluding carboxylic acids is 1. The van der Waals surface area contributed by atoms with Crippen molar-refractivity contribution < 1.29 is 9.18 Å². The molecule has 3 nitrogen and oxygen atoms in total. The van der Waals surface area contributed by atoms with Gasteiger partial charge in [0.2, 0.25) is 0 Å². The van der Waals surface area contributed by atoms with Gasteiger partial charge >= 0.3 is 0 Å². The number of nitriles is 1. The van der Waals surface area contributed by atoms with Crippen LogP contribution in [0.25, 0.3) is 0 Å². The van der Waals surface area contributed by atoms with Crippen molar-refractivity contribution in [2.24, 2.45) is 5.92 Å². The third kappa shape index (κ3) is 2.62. The smallest absolute Gasteiger partial charge is 0.259 e. The van der Waals surface area contributed by atoms with Gasteiger partial charge in [-0.2, -0.15) is 5.26 Å². The van der Waals surface area contributed by atoms with Crippen molar-refractivity contribution in [3.05, 3.63) is 51.7 Å². The summed E-state index contributed by atoms with van der Waals surface area (Å²) in [6.07, 6.45) is 2.90. The summed E-state index contributed by atoms with van der Waals surface area (Å²) >= 11 is 1.44. The number of fused-ring (bicyclic) bond motifs is 1. The minimum Gasteiger partial charge on any atom is -0.312 e. The molecule has 1 aromatic carbocycles. The maximum Gasteiger partial charge on any atom is 0.259 e. The number of hydrogen-bond acceptors (Lipinski definition) is 3. The quantitative estimate of drug-likeness (QED) is 0.906. The molecular weight excluding hydrogens is 299 g/mol. The van der Waals surface area contributed by atoms with Crippen molar-refractivity contribution in [1.82, 2.24) is 0 Å². The van der Waals surface area contributed by atoms with Gasteiger partial charge in [0, 0.05) is 4.88 Å². The molecule has 5 heteroatoms. The van der Waals surface area contributed by atoms with Gasteiger partial charge in [0.05, 0.1) is 11.1 Å². The molecule has 0 spiro atoms. The van der Waals surface area contributed by atoms with E-state index in [-0.39, 0.29) is 5.56 Å². The van der Waals surface area contributed by atoms with E-state index in [9.17, 15) is 14.4 Å². The third-order valence-electron chi connectivity index (χ3n) is 3.96. The summed E-state index contributed by atoms with van der Waals surface area (Å²) in [5.41, 5.74) is 1.58. The molecule has 0 saturated carbocycles. The lowest BCUT2D eigenvalue weighted by atomic mass is 9.88. The van der Waals surface area contributed by atoms with Gasteiger partial charge in [0.15, 0.2) is 0 Å². The number of aryl methyl sites for hydroxylation is 1. The Morgan fingerprint density at radius 3 is 2.95 bits per heavy atom. The van der Waals surface area contributed by atoms with Crippen molar-refractivity contribution in [2.45, 2.75) is 26.2 Å². The number of nitrogens with one attached hydrogen (secondary N) is 1. The molecule has 1 aliphatic carbocycles. The zero-order chi connectivity index (χ0) is 15.7. The maximum atomic E-state index is 13.7. The Balaban J connectivity index is 1.92. The fourth-order valence-electron chi connectivity index (χ4n) is 2.78. The van der Waals surface area contributed by atoms with Crippen molar-refractivity contribution in [1.29, 1.82) is 5.26 Å². The van der Waals surface area contributed by atoms with Crippen LogP contribution < -0.4 is 5.32 Å². The van der Waals surface area contributed by atoms with E-state index in [1.807, 2.05) is 0 Å². The summed E-state index contributed by atoms with van der Waals surface area (Å²) in [7, 11) is 0. The van der Waals surface area contributed by atoms with Crippen molar-refractivity contribution in [3.63, 3.8) is 0 Å². The Bertz CT molecular complexity index is 775.